The van der Waals surface area contributed by atoms with Crippen molar-refractivity contribution in [3.8, 4) is 5.75 Å². The quantitative estimate of drug-likeness (QED) is 0.747. The Kier molecular flexibility index (Phi) is 3.05. The van der Waals surface area contributed by atoms with E-state index in [-0.39, 0.29) is 6.61 Å². The standard InChI is InChI=1S/C9H11FO2/c1-12-9-4-2-3-7(5-10)8(9)6-11/h2-4,11H,5-6H2,1H3. The molecule has 0 unspecified atom stereocenters. The van der Waals surface area contributed by atoms with Crippen molar-refractivity contribution in [3.05, 3.63) is 29.3 Å². The normalized spacial score (nSPS) is 9.92. The number of aliphatic hydroxyl groups excluding tert-OH is 1. The molecule has 0 aromatic heterocycles. The number of hydrogen-bond acceptors (Lipinski definition) is 2. The Morgan fingerprint density at radius 3 is 2.75 bits per heavy atom. The number of benzene rings is 1. The molecule has 12 heavy (non-hydrogen) atoms. The summed E-state index contributed by atoms with van der Waals surface area (Å²) in [6, 6.07) is 5.03. The Morgan fingerprint density at radius 2 is 2.25 bits per heavy atom. The van der Waals surface area contributed by atoms with Crippen molar-refractivity contribution < 1.29 is 14.2 Å². The molecule has 3 heteroatoms. The lowest BCUT2D eigenvalue weighted by Gasteiger charge is -2.08. The van der Waals surface area contributed by atoms with Crippen LogP contribution in [0.5, 0.6) is 5.75 Å². The second-order valence-corrected chi connectivity index (χ2v) is 2.39. The van der Waals surface area contributed by atoms with Crippen LogP contribution in [0.15, 0.2) is 18.2 Å². The van der Waals surface area contributed by atoms with Crippen LogP contribution in [-0.4, -0.2) is 12.2 Å². The maximum atomic E-state index is 12.3. The van der Waals surface area contributed by atoms with Crippen molar-refractivity contribution in [1.82, 2.24) is 0 Å². The Labute approximate surface area is 70.6 Å². The first-order chi connectivity index (χ1) is 5.83. The number of ether oxygens (including phenoxy) is 1. The average Bonchev–Trinajstić information content (AvgIpc) is 2.16. The van der Waals surface area contributed by atoms with Crippen molar-refractivity contribution in [3.63, 3.8) is 0 Å². The molecule has 0 spiro atoms. The highest BCUT2D eigenvalue weighted by Crippen LogP contribution is 2.22. The van der Waals surface area contributed by atoms with Crippen LogP contribution in [-0.2, 0) is 13.3 Å². The maximum absolute atomic E-state index is 12.3. The predicted molar refractivity (Wildman–Crippen MR) is 43.7 cm³/mol. The lowest BCUT2D eigenvalue weighted by Crippen LogP contribution is -1.96. The largest absolute Gasteiger partial charge is 0.496 e. The number of methoxy groups -OCH3 is 1. The average molecular weight is 170 g/mol. The summed E-state index contributed by atoms with van der Waals surface area (Å²) in [5, 5.41) is 8.91. The fourth-order valence-corrected chi connectivity index (χ4v) is 1.11. The summed E-state index contributed by atoms with van der Waals surface area (Å²) in [6.07, 6.45) is 0. The molecular formula is C9H11FO2. The number of aliphatic hydroxyl groups is 1. The van der Waals surface area contributed by atoms with Crippen LogP contribution in [0.4, 0.5) is 4.39 Å². The number of hydrogen-bond donors (Lipinski definition) is 1. The van der Waals surface area contributed by atoms with Crippen molar-refractivity contribution in [2.75, 3.05) is 7.11 Å². The van der Waals surface area contributed by atoms with Gasteiger partial charge in [-0.3, -0.25) is 0 Å². The monoisotopic (exact) mass is 170 g/mol. The Bertz CT molecular complexity index is 238. The van der Waals surface area contributed by atoms with E-state index in [4.69, 9.17) is 9.84 Å². The fraction of sp³-hybridized carbons (Fsp3) is 0.333. The van der Waals surface area contributed by atoms with E-state index in [9.17, 15) is 4.39 Å². The summed E-state index contributed by atoms with van der Waals surface area (Å²) in [4.78, 5) is 0. The zero-order valence-electron chi connectivity index (χ0n) is 6.88. The van der Waals surface area contributed by atoms with E-state index in [0.717, 1.165) is 0 Å². The first kappa shape index (κ1) is 9.00. The number of alkyl halides is 1. The van der Waals surface area contributed by atoms with Crippen LogP contribution in [0.3, 0.4) is 0 Å². The van der Waals surface area contributed by atoms with E-state index in [0.29, 0.717) is 16.9 Å². The molecule has 1 aromatic rings. The van der Waals surface area contributed by atoms with E-state index in [1.54, 1.807) is 18.2 Å². The van der Waals surface area contributed by atoms with Gasteiger partial charge in [0, 0.05) is 5.56 Å². The summed E-state index contributed by atoms with van der Waals surface area (Å²) in [7, 11) is 1.50. The van der Waals surface area contributed by atoms with Crippen LogP contribution < -0.4 is 4.74 Å². The molecular weight excluding hydrogens is 159 g/mol. The molecule has 0 saturated carbocycles. The topological polar surface area (TPSA) is 29.5 Å². The van der Waals surface area contributed by atoms with E-state index < -0.39 is 6.67 Å². The molecule has 1 N–H and O–H groups in total. The molecule has 0 heterocycles. The van der Waals surface area contributed by atoms with Crippen molar-refractivity contribution in [1.29, 1.82) is 0 Å². The highest BCUT2D eigenvalue weighted by Gasteiger charge is 2.06. The molecule has 0 aliphatic rings. The molecule has 66 valence electrons. The third kappa shape index (κ3) is 1.56. The first-order valence-electron chi connectivity index (χ1n) is 3.65. The van der Waals surface area contributed by atoms with Gasteiger partial charge in [-0.15, -0.1) is 0 Å². The van der Waals surface area contributed by atoms with Gasteiger partial charge >= 0.3 is 0 Å². The summed E-state index contributed by atoms with van der Waals surface area (Å²) in [6.45, 7) is -0.768. The van der Waals surface area contributed by atoms with Crippen LogP contribution in [0.25, 0.3) is 0 Å². The molecule has 1 aromatic carbocycles. The van der Waals surface area contributed by atoms with Gasteiger partial charge in [-0.25, -0.2) is 4.39 Å². The summed E-state index contributed by atoms with van der Waals surface area (Å²) in [5.41, 5.74) is 1.01. The first-order valence-corrected chi connectivity index (χ1v) is 3.65. The van der Waals surface area contributed by atoms with Crippen LogP contribution in [0, 0.1) is 0 Å². The minimum Gasteiger partial charge on any atom is -0.496 e. The highest BCUT2D eigenvalue weighted by atomic mass is 19.1. The van der Waals surface area contributed by atoms with Gasteiger partial charge in [0.2, 0.25) is 0 Å². The third-order valence-electron chi connectivity index (χ3n) is 1.75. The molecule has 0 aliphatic heterocycles. The Balaban J connectivity index is 3.13. The van der Waals surface area contributed by atoms with Gasteiger partial charge in [0.05, 0.1) is 13.7 Å². The van der Waals surface area contributed by atoms with Gasteiger partial charge in [-0.1, -0.05) is 12.1 Å². The molecule has 1 rings (SSSR count). The molecule has 0 aliphatic carbocycles. The highest BCUT2D eigenvalue weighted by molar-refractivity contribution is 5.39. The van der Waals surface area contributed by atoms with Crippen LogP contribution in [0.1, 0.15) is 11.1 Å². The van der Waals surface area contributed by atoms with Gasteiger partial charge in [-0.05, 0) is 11.6 Å². The summed E-state index contributed by atoms with van der Waals surface area (Å²) in [5.74, 6) is 0.535. The van der Waals surface area contributed by atoms with Gasteiger partial charge < -0.3 is 9.84 Å². The van der Waals surface area contributed by atoms with Crippen molar-refractivity contribution in [2.24, 2.45) is 0 Å². The van der Waals surface area contributed by atoms with Gasteiger partial charge in [-0.2, -0.15) is 0 Å². The van der Waals surface area contributed by atoms with E-state index in [1.165, 1.54) is 7.11 Å². The SMILES string of the molecule is COc1cccc(CF)c1CO. The number of halogens is 1. The van der Waals surface area contributed by atoms with Crippen molar-refractivity contribution >= 4 is 0 Å². The van der Waals surface area contributed by atoms with Gasteiger partial charge in [0.1, 0.15) is 12.4 Å². The molecule has 2 nitrogen and oxygen atoms in total. The molecule has 0 atom stereocenters. The third-order valence-corrected chi connectivity index (χ3v) is 1.75. The van der Waals surface area contributed by atoms with Crippen LogP contribution >= 0.6 is 0 Å². The van der Waals surface area contributed by atoms with Crippen LogP contribution in [0.2, 0.25) is 0 Å². The Hall–Kier alpha value is -1.09. The lowest BCUT2D eigenvalue weighted by atomic mass is 10.1. The molecule has 0 radical (unpaired) electrons. The van der Waals surface area contributed by atoms with E-state index in [1.807, 2.05) is 0 Å². The van der Waals surface area contributed by atoms with Gasteiger partial charge in [0.15, 0.2) is 0 Å². The molecule has 0 fully saturated rings. The molecule has 0 amide bonds. The lowest BCUT2D eigenvalue weighted by molar-refractivity contribution is 0.270. The van der Waals surface area contributed by atoms with Gasteiger partial charge in [0.25, 0.3) is 0 Å². The predicted octanol–water partition coefficient (Wildman–Crippen LogP) is 1.66. The second-order valence-electron chi connectivity index (χ2n) is 2.39. The fourth-order valence-electron chi connectivity index (χ4n) is 1.11. The minimum atomic E-state index is -0.576. The molecule has 0 bridgehead atoms. The van der Waals surface area contributed by atoms with E-state index >= 15 is 0 Å². The minimum absolute atomic E-state index is 0.191. The smallest absolute Gasteiger partial charge is 0.124 e. The number of rotatable bonds is 3. The Morgan fingerprint density at radius 1 is 1.50 bits per heavy atom. The zero-order chi connectivity index (χ0) is 8.97. The summed E-state index contributed by atoms with van der Waals surface area (Å²) >= 11 is 0. The molecule has 0 saturated heterocycles. The summed E-state index contributed by atoms with van der Waals surface area (Å²) < 4.78 is 17.3. The zero-order valence-corrected chi connectivity index (χ0v) is 6.88. The maximum Gasteiger partial charge on any atom is 0.124 e. The van der Waals surface area contributed by atoms with Crippen molar-refractivity contribution in [2.45, 2.75) is 13.3 Å². The van der Waals surface area contributed by atoms with E-state index in [2.05, 4.69) is 0 Å². The second kappa shape index (κ2) is 4.07.